The fraction of sp³-hybridized carbons (Fsp3) is 0.636. The molecule has 0 spiro atoms. The normalized spacial score (nSPS) is 10.9. The number of carbonyl (C=O) groups excluding carboxylic acids is 1. The van der Waals surface area contributed by atoms with Crippen molar-refractivity contribution in [3.05, 3.63) is 16.1 Å². The molecule has 84 valence electrons. The molecule has 15 heavy (non-hydrogen) atoms. The Bertz CT molecular complexity index is 318. The third-order valence-electron chi connectivity index (χ3n) is 2.52. The van der Waals surface area contributed by atoms with E-state index in [1.54, 1.807) is 0 Å². The third-order valence-corrected chi connectivity index (χ3v) is 3.43. The molecule has 0 bridgehead atoms. The highest BCUT2D eigenvalue weighted by Gasteiger charge is 2.18. The Hall–Kier alpha value is -0.740. The molecule has 4 heteroatoms. The predicted octanol–water partition coefficient (Wildman–Crippen LogP) is 2.26. The highest BCUT2D eigenvalue weighted by molar-refractivity contribution is 7.09. The highest BCUT2D eigenvalue weighted by Crippen LogP contribution is 2.18. The molecule has 3 nitrogen and oxygen atoms in total. The maximum Gasteiger partial charge on any atom is 0.185 e. The van der Waals surface area contributed by atoms with E-state index in [4.69, 9.17) is 5.73 Å². The van der Waals surface area contributed by atoms with Gasteiger partial charge in [-0.2, -0.15) is 0 Å². The molecule has 0 unspecified atom stereocenters. The van der Waals surface area contributed by atoms with Gasteiger partial charge in [-0.05, 0) is 19.4 Å². The van der Waals surface area contributed by atoms with Crippen molar-refractivity contribution in [3.8, 4) is 0 Å². The van der Waals surface area contributed by atoms with Crippen LogP contribution >= 0.6 is 11.3 Å². The molecule has 0 aliphatic carbocycles. The van der Waals surface area contributed by atoms with E-state index in [0.29, 0.717) is 12.2 Å². The number of carbonyl (C=O) groups is 1. The number of hydrogen-bond donors (Lipinski definition) is 1. The number of aromatic nitrogens is 1. The SMILES string of the molecule is CCC(CC)C(=O)c1csc(CCN)n1. The van der Waals surface area contributed by atoms with E-state index in [9.17, 15) is 4.79 Å². The molecule has 0 atom stereocenters. The van der Waals surface area contributed by atoms with Gasteiger partial charge in [0.25, 0.3) is 0 Å². The maximum atomic E-state index is 11.9. The summed E-state index contributed by atoms with van der Waals surface area (Å²) in [4.78, 5) is 16.2. The largest absolute Gasteiger partial charge is 0.330 e. The van der Waals surface area contributed by atoms with Crippen LogP contribution in [-0.4, -0.2) is 17.3 Å². The summed E-state index contributed by atoms with van der Waals surface area (Å²) in [5.41, 5.74) is 6.06. The standard InChI is InChI=1S/C11H18N2OS/c1-3-8(4-2)11(14)9-7-15-10(13-9)5-6-12/h7-8H,3-6,12H2,1-2H3. The molecule has 0 aromatic carbocycles. The van der Waals surface area contributed by atoms with Gasteiger partial charge in [0.05, 0.1) is 5.01 Å². The molecule has 0 saturated heterocycles. The summed E-state index contributed by atoms with van der Waals surface area (Å²) in [5, 5.41) is 2.82. The van der Waals surface area contributed by atoms with Crippen LogP contribution in [0.25, 0.3) is 0 Å². The highest BCUT2D eigenvalue weighted by atomic mass is 32.1. The van der Waals surface area contributed by atoms with Crippen molar-refractivity contribution >= 4 is 17.1 Å². The monoisotopic (exact) mass is 226 g/mol. The lowest BCUT2D eigenvalue weighted by Gasteiger charge is -2.07. The fourth-order valence-electron chi connectivity index (χ4n) is 1.53. The average molecular weight is 226 g/mol. The van der Waals surface area contributed by atoms with Gasteiger partial charge in [-0.15, -0.1) is 11.3 Å². The molecule has 1 aromatic rings. The lowest BCUT2D eigenvalue weighted by Crippen LogP contribution is -2.13. The Balaban J connectivity index is 2.73. The minimum absolute atomic E-state index is 0.123. The van der Waals surface area contributed by atoms with Crippen molar-refractivity contribution in [2.24, 2.45) is 11.7 Å². The fourth-order valence-corrected chi connectivity index (χ4v) is 2.33. The summed E-state index contributed by atoms with van der Waals surface area (Å²) in [6, 6.07) is 0. The van der Waals surface area contributed by atoms with Crippen LogP contribution < -0.4 is 5.73 Å². The Labute approximate surface area is 94.7 Å². The number of nitrogens with zero attached hydrogens (tertiary/aromatic N) is 1. The van der Waals surface area contributed by atoms with Crippen LogP contribution in [0.3, 0.4) is 0 Å². The topological polar surface area (TPSA) is 56.0 Å². The van der Waals surface area contributed by atoms with Gasteiger partial charge in [-0.3, -0.25) is 4.79 Å². The smallest absolute Gasteiger partial charge is 0.185 e. The van der Waals surface area contributed by atoms with Gasteiger partial charge in [0, 0.05) is 17.7 Å². The summed E-state index contributed by atoms with van der Waals surface area (Å²) in [5.74, 6) is 0.303. The molecular weight excluding hydrogens is 208 g/mol. The first-order valence-electron chi connectivity index (χ1n) is 5.41. The van der Waals surface area contributed by atoms with Crippen LogP contribution in [0.15, 0.2) is 5.38 Å². The van der Waals surface area contributed by atoms with Crippen molar-refractivity contribution in [2.45, 2.75) is 33.1 Å². The first-order valence-corrected chi connectivity index (χ1v) is 6.29. The van der Waals surface area contributed by atoms with E-state index in [1.165, 1.54) is 11.3 Å². The Morgan fingerprint density at radius 1 is 1.53 bits per heavy atom. The zero-order valence-corrected chi connectivity index (χ0v) is 10.1. The first-order chi connectivity index (χ1) is 7.22. The van der Waals surface area contributed by atoms with Crippen LogP contribution in [0, 0.1) is 5.92 Å². The van der Waals surface area contributed by atoms with Crippen LogP contribution in [-0.2, 0) is 6.42 Å². The second kappa shape index (κ2) is 5.98. The second-order valence-electron chi connectivity index (χ2n) is 3.54. The number of Topliss-reactive ketones (excluding diaryl/α,β-unsaturated/α-hetero) is 1. The van der Waals surface area contributed by atoms with Gasteiger partial charge in [-0.25, -0.2) is 4.98 Å². The average Bonchev–Trinajstić information content (AvgIpc) is 2.68. The molecule has 0 fully saturated rings. The molecular formula is C11H18N2OS. The summed E-state index contributed by atoms with van der Waals surface area (Å²) >= 11 is 1.53. The Morgan fingerprint density at radius 2 is 2.20 bits per heavy atom. The van der Waals surface area contributed by atoms with Gasteiger partial charge < -0.3 is 5.73 Å². The third kappa shape index (κ3) is 3.11. The van der Waals surface area contributed by atoms with Crippen LogP contribution in [0.2, 0.25) is 0 Å². The van der Waals surface area contributed by atoms with E-state index < -0.39 is 0 Å². The minimum Gasteiger partial charge on any atom is -0.330 e. The number of ketones is 1. The van der Waals surface area contributed by atoms with E-state index in [0.717, 1.165) is 24.3 Å². The molecule has 0 aliphatic rings. The molecule has 0 amide bonds. The second-order valence-corrected chi connectivity index (χ2v) is 4.49. The summed E-state index contributed by atoms with van der Waals surface area (Å²) < 4.78 is 0. The molecule has 1 aromatic heterocycles. The summed E-state index contributed by atoms with van der Waals surface area (Å²) in [6.45, 7) is 4.67. The van der Waals surface area contributed by atoms with E-state index in [1.807, 2.05) is 19.2 Å². The number of hydrogen-bond acceptors (Lipinski definition) is 4. The van der Waals surface area contributed by atoms with Crippen LogP contribution in [0.5, 0.6) is 0 Å². The number of nitrogens with two attached hydrogens (primary N) is 1. The zero-order chi connectivity index (χ0) is 11.3. The number of rotatable bonds is 6. The minimum atomic E-state index is 0.123. The maximum absolute atomic E-state index is 11.9. The van der Waals surface area contributed by atoms with Gasteiger partial charge in [0.1, 0.15) is 5.69 Å². The van der Waals surface area contributed by atoms with Crippen LogP contribution in [0.1, 0.15) is 42.2 Å². The van der Waals surface area contributed by atoms with E-state index in [2.05, 4.69) is 4.98 Å². The van der Waals surface area contributed by atoms with E-state index >= 15 is 0 Å². The van der Waals surface area contributed by atoms with E-state index in [-0.39, 0.29) is 11.7 Å². The zero-order valence-electron chi connectivity index (χ0n) is 9.32. The van der Waals surface area contributed by atoms with Crippen LogP contribution in [0.4, 0.5) is 0 Å². The molecule has 0 aliphatic heterocycles. The van der Waals surface area contributed by atoms with Gasteiger partial charge >= 0.3 is 0 Å². The van der Waals surface area contributed by atoms with Crippen molar-refractivity contribution in [3.63, 3.8) is 0 Å². The van der Waals surface area contributed by atoms with Gasteiger partial charge in [0.2, 0.25) is 0 Å². The number of thiazole rings is 1. The van der Waals surface area contributed by atoms with Crippen molar-refractivity contribution in [1.29, 1.82) is 0 Å². The summed E-state index contributed by atoms with van der Waals surface area (Å²) in [6.07, 6.45) is 2.54. The lowest BCUT2D eigenvalue weighted by atomic mass is 9.97. The van der Waals surface area contributed by atoms with Crippen molar-refractivity contribution in [1.82, 2.24) is 4.98 Å². The Morgan fingerprint density at radius 3 is 2.73 bits per heavy atom. The molecule has 0 radical (unpaired) electrons. The van der Waals surface area contributed by atoms with Gasteiger partial charge in [-0.1, -0.05) is 13.8 Å². The molecule has 0 saturated carbocycles. The molecule has 2 N–H and O–H groups in total. The van der Waals surface area contributed by atoms with Crippen molar-refractivity contribution in [2.75, 3.05) is 6.54 Å². The van der Waals surface area contributed by atoms with Crippen molar-refractivity contribution < 1.29 is 4.79 Å². The molecule has 1 rings (SSSR count). The molecule has 1 heterocycles. The first kappa shape index (κ1) is 12.3. The lowest BCUT2D eigenvalue weighted by molar-refractivity contribution is 0.0909. The Kier molecular flexibility index (Phi) is 4.91. The summed E-state index contributed by atoms with van der Waals surface area (Å²) in [7, 11) is 0. The van der Waals surface area contributed by atoms with Gasteiger partial charge in [0.15, 0.2) is 5.78 Å². The quantitative estimate of drug-likeness (QED) is 0.757. The predicted molar refractivity (Wildman–Crippen MR) is 63.3 cm³/mol.